The number of aromatic nitrogens is 4. The zero-order valence-corrected chi connectivity index (χ0v) is 15.1. The standard InChI is InChI=1S/C18H22N6O4/c19-17-21-15(23-28-8-11-4-2-1-3-5-11)14-16(22-17)24(10-20-14)12-6-13(26)18(27,7-12)9-25/h1-5,10,12-13,25-27H,6-9H2,(H3,19,21,22,23)/t12-,13-,18-/m0/s1. The number of anilines is 2. The second kappa shape index (κ2) is 7.32. The Hall–Kier alpha value is -2.79. The predicted molar refractivity (Wildman–Crippen MR) is 101 cm³/mol. The van der Waals surface area contributed by atoms with Gasteiger partial charge in [-0.1, -0.05) is 30.3 Å². The van der Waals surface area contributed by atoms with Crippen LogP contribution in [-0.2, 0) is 11.4 Å². The molecule has 2 heterocycles. The summed E-state index contributed by atoms with van der Waals surface area (Å²) in [5.41, 5.74) is 8.97. The van der Waals surface area contributed by atoms with E-state index in [1.807, 2.05) is 30.3 Å². The van der Waals surface area contributed by atoms with E-state index in [9.17, 15) is 15.3 Å². The quantitative estimate of drug-likeness (QED) is 0.378. The van der Waals surface area contributed by atoms with E-state index in [0.29, 0.717) is 23.6 Å². The fraction of sp³-hybridized carbons (Fsp3) is 0.389. The molecule has 0 amide bonds. The van der Waals surface area contributed by atoms with Gasteiger partial charge in [0.2, 0.25) is 5.95 Å². The lowest BCUT2D eigenvalue weighted by molar-refractivity contribution is -0.0855. The minimum Gasteiger partial charge on any atom is -0.393 e. The Balaban J connectivity index is 1.57. The number of nitrogens with two attached hydrogens (primary N) is 1. The summed E-state index contributed by atoms with van der Waals surface area (Å²) in [4.78, 5) is 18.3. The molecule has 6 N–H and O–H groups in total. The van der Waals surface area contributed by atoms with E-state index in [-0.39, 0.29) is 24.8 Å². The highest BCUT2D eigenvalue weighted by atomic mass is 16.6. The lowest BCUT2D eigenvalue weighted by Gasteiger charge is -2.23. The summed E-state index contributed by atoms with van der Waals surface area (Å²) in [6.45, 7) is -0.195. The van der Waals surface area contributed by atoms with Gasteiger partial charge >= 0.3 is 0 Å². The lowest BCUT2D eigenvalue weighted by Crippen LogP contribution is -2.40. The SMILES string of the molecule is Nc1nc(NOCc2ccccc2)c2ncn([C@H]3C[C@H](O)[C@@](O)(CO)C3)c2n1. The molecule has 1 fully saturated rings. The van der Waals surface area contributed by atoms with Crippen molar-refractivity contribution in [3.05, 3.63) is 42.2 Å². The second-order valence-corrected chi connectivity index (χ2v) is 7.00. The van der Waals surface area contributed by atoms with Crippen molar-refractivity contribution in [1.82, 2.24) is 19.5 Å². The number of nitrogens with zero attached hydrogens (tertiary/aromatic N) is 4. The summed E-state index contributed by atoms with van der Waals surface area (Å²) in [5, 5.41) is 29.8. The average molecular weight is 386 g/mol. The average Bonchev–Trinajstić information content (AvgIpc) is 3.24. The zero-order chi connectivity index (χ0) is 19.7. The van der Waals surface area contributed by atoms with Gasteiger partial charge in [-0.3, -0.25) is 4.84 Å². The Bertz CT molecular complexity index is 965. The van der Waals surface area contributed by atoms with Gasteiger partial charge < -0.3 is 25.6 Å². The molecule has 0 saturated heterocycles. The Morgan fingerprint density at radius 2 is 2.07 bits per heavy atom. The topological polar surface area (TPSA) is 152 Å². The summed E-state index contributed by atoms with van der Waals surface area (Å²) in [5.74, 6) is 0.365. The van der Waals surface area contributed by atoms with Crippen LogP contribution in [0.15, 0.2) is 36.7 Å². The van der Waals surface area contributed by atoms with Crippen molar-refractivity contribution in [2.24, 2.45) is 0 Å². The smallest absolute Gasteiger partial charge is 0.224 e. The summed E-state index contributed by atoms with van der Waals surface area (Å²) >= 11 is 0. The molecule has 1 aliphatic carbocycles. The molecule has 0 radical (unpaired) electrons. The van der Waals surface area contributed by atoms with Gasteiger partial charge in [0.25, 0.3) is 0 Å². The van der Waals surface area contributed by atoms with Crippen molar-refractivity contribution >= 4 is 22.9 Å². The van der Waals surface area contributed by atoms with Crippen LogP contribution in [0.3, 0.4) is 0 Å². The van der Waals surface area contributed by atoms with Crippen LogP contribution in [0.5, 0.6) is 0 Å². The Morgan fingerprint density at radius 3 is 2.79 bits per heavy atom. The van der Waals surface area contributed by atoms with E-state index in [0.717, 1.165) is 5.56 Å². The minimum absolute atomic E-state index is 0.0380. The molecule has 1 saturated carbocycles. The predicted octanol–water partition coefficient (Wildman–Crippen LogP) is 0.371. The molecule has 10 heteroatoms. The molecular weight excluding hydrogens is 364 g/mol. The van der Waals surface area contributed by atoms with Gasteiger partial charge in [0.15, 0.2) is 17.0 Å². The second-order valence-electron chi connectivity index (χ2n) is 7.00. The normalized spacial score (nSPS) is 24.7. The van der Waals surface area contributed by atoms with Crippen LogP contribution in [0.1, 0.15) is 24.4 Å². The van der Waals surface area contributed by atoms with Crippen LogP contribution >= 0.6 is 0 Å². The number of nitrogen functional groups attached to an aromatic ring is 1. The Morgan fingerprint density at radius 1 is 1.29 bits per heavy atom. The molecule has 0 spiro atoms. The highest BCUT2D eigenvalue weighted by molar-refractivity contribution is 5.83. The third-order valence-corrected chi connectivity index (χ3v) is 5.06. The number of nitrogens with one attached hydrogen (secondary N) is 1. The van der Waals surface area contributed by atoms with Crippen molar-refractivity contribution in [2.75, 3.05) is 17.8 Å². The summed E-state index contributed by atoms with van der Waals surface area (Å²) in [6.07, 6.45) is 0.959. The van der Waals surface area contributed by atoms with Crippen molar-refractivity contribution < 1.29 is 20.2 Å². The number of hydrogen-bond acceptors (Lipinski definition) is 9. The maximum atomic E-state index is 10.3. The Kier molecular flexibility index (Phi) is 4.85. The summed E-state index contributed by atoms with van der Waals surface area (Å²) < 4.78 is 1.73. The third-order valence-electron chi connectivity index (χ3n) is 5.06. The molecule has 0 bridgehead atoms. The van der Waals surface area contributed by atoms with Crippen LogP contribution in [0.2, 0.25) is 0 Å². The van der Waals surface area contributed by atoms with Gasteiger partial charge in [0, 0.05) is 12.5 Å². The summed E-state index contributed by atoms with van der Waals surface area (Å²) in [7, 11) is 0. The first-order valence-electron chi connectivity index (χ1n) is 8.93. The Labute approximate surface area is 160 Å². The third kappa shape index (κ3) is 3.38. The number of aliphatic hydroxyl groups excluding tert-OH is 2. The van der Waals surface area contributed by atoms with Gasteiger partial charge in [-0.2, -0.15) is 9.97 Å². The molecule has 1 aliphatic rings. The van der Waals surface area contributed by atoms with E-state index < -0.39 is 18.3 Å². The van der Waals surface area contributed by atoms with Crippen molar-refractivity contribution in [3.8, 4) is 0 Å². The number of benzene rings is 1. The van der Waals surface area contributed by atoms with Gasteiger partial charge in [-0.25, -0.2) is 10.5 Å². The van der Waals surface area contributed by atoms with E-state index in [2.05, 4.69) is 20.4 Å². The van der Waals surface area contributed by atoms with Crippen LogP contribution in [0.4, 0.5) is 11.8 Å². The van der Waals surface area contributed by atoms with E-state index in [1.165, 1.54) is 0 Å². The van der Waals surface area contributed by atoms with Gasteiger partial charge in [0.1, 0.15) is 5.60 Å². The van der Waals surface area contributed by atoms with Crippen molar-refractivity contribution in [3.63, 3.8) is 0 Å². The number of rotatable bonds is 6. The first-order chi connectivity index (χ1) is 13.5. The van der Waals surface area contributed by atoms with Gasteiger partial charge in [-0.15, -0.1) is 0 Å². The molecule has 3 atom stereocenters. The maximum absolute atomic E-state index is 10.3. The van der Waals surface area contributed by atoms with Crippen molar-refractivity contribution in [1.29, 1.82) is 0 Å². The molecule has 28 heavy (non-hydrogen) atoms. The molecule has 3 aromatic rings. The highest BCUT2D eigenvalue weighted by Crippen LogP contribution is 2.39. The van der Waals surface area contributed by atoms with Gasteiger partial charge in [0.05, 0.1) is 25.6 Å². The largest absolute Gasteiger partial charge is 0.393 e. The number of imidazole rings is 1. The van der Waals surface area contributed by atoms with Gasteiger partial charge in [-0.05, 0) is 12.0 Å². The fourth-order valence-electron chi connectivity index (χ4n) is 3.52. The number of fused-ring (bicyclic) bond motifs is 1. The van der Waals surface area contributed by atoms with Crippen molar-refractivity contribution in [2.45, 2.75) is 37.2 Å². The molecule has 2 aromatic heterocycles. The lowest BCUT2D eigenvalue weighted by atomic mass is 10.0. The molecule has 0 unspecified atom stereocenters. The van der Waals surface area contributed by atoms with E-state index in [1.54, 1.807) is 10.9 Å². The van der Waals surface area contributed by atoms with Crippen LogP contribution in [0, 0.1) is 0 Å². The highest BCUT2D eigenvalue weighted by Gasteiger charge is 2.46. The fourth-order valence-corrected chi connectivity index (χ4v) is 3.52. The first-order valence-corrected chi connectivity index (χ1v) is 8.93. The maximum Gasteiger partial charge on any atom is 0.224 e. The zero-order valence-electron chi connectivity index (χ0n) is 15.1. The molecule has 1 aromatic carbocycles. The van der Waals surface area contributed by atoms with E-state index in [4.69, 9.17) is 10.6 Å². The summed E-state index contributed by atoms with van der Waals surface area (Å²) in [6, 6.07) is 9.36. The molecule has 0 aliphatic heterocycles. The number of hydrogen-bond donors (Lipinski definition) is 5. The van der Waals surface area contributed by atoms with E-state index >= 15 is 0 Å². The molecule has 4 rings (SSSR count). The van der Waals surface area contributed by atoms with Crippen LogP contribution < -0.4 is 11.2 Å². The minimum atomic E-state index is -1.54. The van der Waals surface area contributed by atoms with Crippen LogP contribution in [0.25, 0.3) is 11.2 Å². The molecular formula is C18H22N6O4. The molecule has 10 nitrogen and oxygen atoms in total. The monoisotopic (exact) mass is 386 g/mol. The van der Waals surface area contributed by atoms with Crippen LogP contribution in [-0.4, -0.2) is 53.2 Å². The number of aliphatic hydroxyl groups is 3. The molecule has 148 valence electrons. The first kappa shape index (κ1) is 18.6.